The van der Waals surface area contributed by atoms with Gasteiger partial charge in [0.2, 0.25) is 0 Å². The Morgan fingerprint density at radius 2 is 1.77 bits per heavy atom. The zero-order valence-electron chi connectivity index (χ0n) is 24.8. The fourth-order valence-electron chi connectivity index (χ4n) is 7.30. The normalized spacial score (nSPS) is 20.2. The first kappa shape index (κ1) is 28.3. The Morgan fingerprint density at radius 1 is 1.02 bits per heavy atom. The van der Waals surface area contributed by atoms with E-state index < -0.39 is 11.6 Å². The summed E-state index contributed by atoms with van der Waals surface area (Å²) in [5.74, 6) is 3.99. The van der Waals surface area contributed by atoms with Gasteiger partial charge in [-0.1, -0.05) is 12.0 Å². The SMILES string of the molecule is C#Cc1c(F)ccc2cc(O)cc(-c3nc(C#C)c4c(N5C6CCCC5CC6)nc(OCC5(CN(C)C)CC5)nc4c3F)c12. The molecule has 2 aliphatic heterocycles. The molecule has 0 radical (unpaired) electrons. The van der Waals surface area contributed by atoms with Gasteiger partial charge in [-0.3, -0.25) is 0 Å². The van der Waals surface area contributed by atoms with Crippen LogP contribution in [0.25, 0.3) is 32.9 Å². The van der Waals surface area contributed by atoms with E-state index in [1.165, 1.54) is 24.3 Å². The maximum absolute atomic E-state index is 16.9. The maximum atomic E-state index is 16.9. The zero-order chi connectivity index (χ0) is 30.7. The number of fused-ring (bicyclic) bond motifs is 4. The molecular weight excluding hydrogens is 560 g/mol. The molecule has 4 aromatic rings. The van der Waals surface area contributed by atoms with E-state index in [1.54, 1.807) is 0 Å². The number of terminal acetylenes is 2. The van der Waals surface area contributed by atoms with Crippen LogP contribution in [0.15, 0.2) is 24.3 Å². The van der Waals surface area contributed by atoms with E-state index in [9.17, 15) is 9.50 Å². The predicted molar refractivity (Wildman–Crippen MR) is 167 cm³/mol. The van der Waals surface area contributed by atoms with Gasteiger partial charge >= 0.3 is 6.01 Å². The number of piperidine rings is 1. The summed E-state index contributed by atoms with van der Waals surface area (Å²) in [6.07, 6.45) is 19.0. The topological polar surface area (TPSA) is 74.6 Å². The number of anilines is 1. The fourth-order valence-corrected chi connectivity index (χ4v) is 7.30. The lowest BCUT2D eigenvalue weighted by molar-refractivity contribution is 0.183. The van der Waals surface area contributed by atoms with E-state index in [4.69, 9.17) is 22.6 Å². The maximum Gasteiger partial charge on any atom is 0.319 e. The van der Waals surface area contributed by atoms with Crippen LogP contribution in [0.5, 0.6) is 11.8 Å². The first-order valence-electron chi connectivity index (χ1n) is 15.1. The van der Waals surface area contributed by atoms with Gasteiger partial charge in [0.1, 0.15) is 34.3 Å². The number of hydrogen-bond acceptors (Lipinski definition) is 7. The number of benzene rings is 2. The summed E-state index contributed by atoms with van der Waals surface area (Å²) in [6.45, 7) is 1.28. The number of aromatic nitrogens is 3. The van der Waals surface area contributed by atoms with Crippen molar-refractivity contribution in [1.82, 2.24) is 19.9 Å². The monoisotopic (exact) mass is 593 g/mol. The summed E-state index contributed by atoms with van der Waals surface area (Å²) in [5.41, 5.74) is 0.0107. The van der Waals surface area contributed by atoms with Crippen molar-refractivity contribution in [2.24, 2.45) is 5.41 Å². The number of halogens is 2. The lowest BCUT2D eigenvalue weighted by Crippen LogP contribution is -2.40. The van der Waals surface area contributed by atoms with Gasteiger partial charge in [0.25, 0.3) is 0 Å². The van der Waals surface area contributed by atoms with Gasteiger partial charge in [-0.05, 0) is 88.5 Å². The second-order valence-electron chi connectivity index (χ2n) is 12.7. The molecular formula is C35H33F2N5O2. The van der Waals surface area contributed by atoms with Gasteiger partial charge in [0.05, 0.1) is 17.6 Å². The van der Waals surface area contributed by atoms with E-state index >= 15 is 4.39 Å². The summed E-state index contributed by atoms with van der Waals surface area (Å²) in [7, 11) is 4.06. The molecule has 4 heterocycles. The Morgan fingerprint density at radius 3 is 2.43 bits per heavy atom. The molecule has 1 aliphatic carbocycles. The van der Waals surface area contributed by atoms with Crippen molar-refractivity contribution in [3.63, 3.8) is 0 Å². The molecule has 2 aromatic carbocycles. The number of phenols is 1. The minimum atomic E-state index is -0.773. The molecule has 1 N–H and O–H groups in total. The number of ether oxygens (including phenoxy) is 1. The standard InChI is InChI=1S/C35H33F2N5O2/c1-5-24-26(36)13-10-20-16-23(43)17-25(28(20)24)31-30(37)32-29(27(6-2)38-31)33(42-21-8-7-9-22(42)12-11-21)40-34(39-32)44-19-35(14-15-35)18-41(3)4/h1-2,10,13,16-17,21-22,43H,7-9,11-12,14-15,18-19H2,3-4H3. The minimum Gasteiger partial charge on any atom is -0.508 e. The highest BCUT2D eigenvalue weighted by Crippen LogP contribution is 2.47. The van der Waals surface area contributed by atoms with Crippen molar-refractivity contribution in [1.29, 1.82) is 0 Å². The van der Waals surface area contributed by atoms with Crippen molar-refractivity contribution < 1.29 is 18.6 Å². The summed E-state index contributed by atoms with van der Waals surface area (Å²) in [4.78, 5) is 18.5. The smallest absolute Gasteiger partial charge is 0.319 e. The molecule has 2 saturated heterocycles. The third-order valence-corrected chi connectivity index (χ3v) is 9.39. The van der Waals surface area contributed by atoms with Crippen LogP contribution in [0.1, 0.15) is 56.2 Å². The Hall–Kier alpha value is -4.47. The van der Waals surface area contributed by atoms with E-state index in [0.717, 1.165) is 51.5 Å². The number of nitrogens with zero attached hydrogens (tertiary/aromatic N) is 5. The van der Waals surface area contributed by atoms with Crippen LogP contribution in [-0.4, -0.2) is 64.3 Å². The first-order valence-corrected chi connectivity index (χ1v) is 15.1. The Balaban J connectivity index is 1.47. The van der Waals surface area contributed by atoms with Gasteiger partial charge in [-0.2, -0.15) is 9.97 Å². The lowest BCUT2D eigenvalue weighted by Gasteiger charge is -2.36. The summed E-state index contributed by atoms with van der Waals surface area (Å²) in [6, 6.07) is 6.06. The van der Waals surface area contributed by atoms with Crippen LogP contribution < -0.4 is 9.64 Å². The number of hydrogen-bond donors (Lipinski definition) is 1. The lowest BCUT2D eigenvalue weighted by atomic mass is 9.95. The van der Waals surface area contributed by atoms with E-state index in [0.29, 0.717) is 23.2 Å². The van der Waals surface area contributed by atoms with Crippen LogP contribution in [0.2, 0.25) is 0 Å². The van der Waals surface area contributed by atoms with Gasteiger partial charge in [0, 0.05) is 35.0 Å². The quantitative estimate of drug-likeness (QED) is 0.262. The molecule has 44 heavy (non-hydrogen) atoms. The molecule has 0 amide bonds. The van der Waals surface area contributed by atoms with Crippen LogP contribution in [0.3, 0.4) is 0 Å². The van der Waals surface area contributed by atoms with Crippen LogP contribution in [0.4, 0.5) is 14.6 Å². The van der Waals surface area contributed by atoms with Crippen molar-refractivity contribution >= 4 is 27.5 Å². The highest BCUT2D eigenvalue weighted by atomic mass is 19.1. The molecule has 2 atom stereocenters. The molecule has 1 saturated carbocycles. The van der Waals surface area contributed by atoms with Crippen LogP contribution in [0, 0.1) is 41.7 Å². The van der Waals surface area contributed by atoms with Gasteiger partial charge in [-0.15, -0.1) is 12.8 Å². The van der Waals surface area contributed by atoms with E-state index in [2.05, 4.69) is 31.6 Å². The molecule has 2 aromatic heterocycles. The van der Waals surface area contributed by atoms with Crippen LogP contribution >= 0.6 is 0 Å². The van der Waals surface area contributed by atoms with Crippen molar-refractivity contribution in [2.45, 2.75) is 57.0 Å². The van der Waals surface area contributed by atoms with E-state index in [-0.39, 0.29) is 62.7 Å². The van der Waals surface area contributed by atoms with Crippen molar-refractivity contribution in [3.05, 3.63) is 47.2 Å². The fraction of sp³-hybridized carbons (Fsp3) is 0.400. The van der Waals surface area contributed by atoms with Gasteiger partial charge in [-0.25, -0.2) is 13.8 Å². The Bertz CT molecular complexity index is 1890. The third-order valence-electron chi connectivity index (χ3n) is 9.39. The number of phenolic OH excluding ortho intramolecular Hbond substituents is 1. The summed E-state index contributed by atoms with van der Waals surface area (Å²) in [5, 5.41) is 11.6. The Labute approximate surface area is 255 Å². The number of aromatic hydroxyl groups is 1. The molecule has 3 aliphatic rings. The third kappa shape index (κ3) is 4.67. The summed E-state index contributed by atoms with van der Waals surface area (Å²) >= 11 is 0. The molecule has 0 spiro atoms. The Kier molecular flexibility index (Phi) is 6.82. The van der Waals surface area contributed by atoms with Crippen LogP contribution in [-0.2, 0) is 0 Å². The molecule has 2 bridgehead atoms. The highest BCUT2D eigenvalue weighted by molar-refractivity contribution is 6.04. The first-order chi connectivity index (χ1) is 21.2. The van der Waals surface area contributed by atoms with Crippen molar-refractivity contribution in [2.75, 3.05) is 32.1 Å². The second kappa shape index (κ2) is 10.6. The average molecular weight is 594 g/mol. The average Bonchev–Trinajstić information content (AvgIpc) is 3.72. The minimum absolute atomic E-state index is 0.00817. The molecule has 3 fully saturated rings. The molecule has 7 nitrogen and oxygen atoms in total. The zero-order valence-corrected chi connectivity index (χ0v) is 24.8. The predicted octanol–water partition coefficient (Wildman–Crippen LogP) is 6.03. The van der Waals surface area contributed by atoms with E-state index in [1.807, 2.05) is 14.1 Å². The molecule has 9 heteroatoms. The van der Waals surface area contributed by atoms with Gasteiger partial charge in [0.15, 0.2) is 5.82 Å². The summed E-state index contributed by atoms with van der Waals surface area (Å²) < 4.78 is 38.1. The molecule has 224 valence electrons. The highest BCUT2D eigenvalue weighted by Gasteiger charge is 2.44. The van der Waals surface area contributed by atoms with Crippen molar-refractivity contribution in [3.8, 4) is 47.7 Å². The number of pyridine rings is 1. The molecule has 7 rings (SSSR count). The van der Waals surface area contributed by atoms with Gasteiger partial charge < -0.3 is 19.6 Å². The molecule has 2 unspecified atom stereocenters. The largest absolute Gasteiger partial charge is 0.508 e. The second-order valence-corrected chi connectivity index (χ2v) is 12.7. The number of rotatable bonds is 7.